The second-order valence-corrected chi connectivity index (χ2v) is 10.9. The molecule has 1 unspecified atom stereocenters. The molecule has 4 nitrogen and oxygen atoms in total. The van der Waals surface area contributed by atoms with Crippen molar-refractivity contribution in [3.8, 4) is 0 Å². The van der Waals surface area contributed by atoms with Crippen molar-refractivity contribution in [3.63, 3.8) is 0 Å². The van der Waals surface area contributed by atoms with Crippen molar-refractivity contribution in [3.05, 3.63) is 0 Å². The van der Waals surface area contributed by atoms with Gasteiger partial charge in [0.05, 0.1) is 0 Å². The van der Waals surface area contributed by atoms with Crippen molar-refractivity contribution in [2.24, 2.45) is 17.8 Å². The average Bonchev–Trinajstić information content (AvgIpc) is 2.60. The number of hydrogen-bond donors (Lipinski definition) is 0. The Labute approximate surface area is 169 Å². The molecular formula is C23H46N4. The smallest absolute Gasteiger partial charge is 0.0156 e. The zero-order valence-corrected chi connectivity index (χ0v) is 18.9. The number of piperidine rings is 2. The highest BCUT2D eigenvalue weighted by Crippen LogP contribution is 2.32. The summed E-state index contributed by atoms with van der Waals surface area (Å²) in [5.41, 5.74) is 0.378. The molecule has 0 aromatic heterocycles. The van der Waals surface area contributed by atoms with Gasteiger partial charge in [0.2, 0.25) is 0 Å². The first-order valence-corrected chi connectivity index (χ1v) is 11.7. The predicted octanol–water partition coefficient (Wildman–Crippen LogP) is 3.09. The van der Waals surface area contributed by atoms with E-state index in [-0.39, 0.29) is 0 Å². The van der Waals surface area contributed by atoms with Gasteiger partial charge in [0.15, 0.2) is 0 Å². The highest BCUT2D eigenvalue weighted by atomic mass is 15.3. The summed E-state index contributed by atoms with van der Waals surface area (Å²) < 4.78 is 0. The van der Waals surface area contributed by atoms with Crippen LogP contribution in [-0.4, -0.2) is 97.6 Å². The Morgan fingerprint density at radius 2 is 1.30 bits per heavy atom. The van der Waals surface area contributed by atoms with E-state index in [1.165, 1.54) is 91.1 Å². The lowest BCUT2D eigenvalue weighted by molar-refractivity contribution is 0.0178. The first kappa shape index (κ1) is 21.5. The van der Waals surface area contributed by atoms with Gasteiger partial charge >= 0.3 is 0 Å². The largest absolute Gasteiger partial charge is 0.306 e. The van der Waals surface area contributed by atoms with Gasteiger partial charge in [-0.05, 0) is 84.0 Å². The Morgan fingerprint density at radius 1 is 0.778 bits per heavy atom. The van der Waals surface area contributed by atoms with Gasteiger partial charge in [-0.1, -0.05) is 13.8 Å². The van der Waals surface area contributed by atoms with Gasteiger partial charge in [-0.25, -0.2) is 0 Å². The molecule has 4 heteroatoms. The Hall–Kier alpha value is -0.160. The molecule has 0 N–H and O–H groups in total. The SMILES string of the molecule is CC(C)CN1CCC(CN2CCN(CC3CCN(C)CC3)CC2)CC1(C)C. The molecule has 0 radical (unpaired) electrons. The molecule has 3 aliphatic heterocycles. The van der Waals surface area contributed by atoms with E-state index in [4.69, 9.17) is 0 Å². The van der Waals surface area contributed by atoms with Crippen molar-refractivity contribution in [2.75, 3.05) is 72.5 Å². The van der Waals surface area contributed by atoms with Crippen molar-refractivity contribution in [2.45, 2.75) is 58.9 Å². The molecule has 0 aliphatic carbocycles. The highest BCUT2D eigenvalue weighted by Gasteiger charge is 2.35. The van der Waals surface area contributed by atoms with Gasteiger partial charge in [-0.3, -0.25) is 4.90 Å². The summed E-state index contributed by atoms with van der Waals surface area (Å²) in [4.78, 5) is 10.8. The summed E-state index contributed by atoms with van der Waals surface area (Å²) in [6.45, 7) is 22.7. The van der Waals surface area contributed by atoms with Crippen LogP contribution in [0, 0.1) is 17.8 Å². The van der Waals surface area contributed by atoms with Gasteiger partial charge < -0.3 is 14.7 Å². The lowest BCUT2D eigenvalue weighted by Crippen LogP contribution is -2.54. The summed E-state index contributed by atoms with van der Waals surface area (Å²) in [7, 11) is 2.27. The minimum absolute atomic E-state index is 0.378. The molecule has 3 aliphatic rings. The second kappa shape index (κ2) is 9.56. The number of hydrogen-bond acceptors (Lipinski definition) is 4. The minimum Gasteiger partial charge on any atom is -0.306 e. The van der Waals surface area contributed by atoms with E-state index >= 15 is 0 Å². The van der Waals surface area contributed by atoms with Gasteiger partial charge in [0.25, 0.3) is 0 Å². The van der Waals surface area contributed by atoms with Crippen LogP contribution in [-0.2, 0) is 0 Å². The van der Waals surface area contributed by atoms with E-state index in [0.29, 0.717) is 5.54 Å². The molecule has 0 bridgehead atoms. The van der Waals surface area contributed by atoms with Crippen molar-refractivity contribution < 1.29 is 0 Å². The molecule has 0 saturated carbocycles. The van der Waals surface area contributed by atoms with Crippen LogP contribution in [0.2, 0.25) is 0 Å². The molecule has 158 valence electrons. The van der Waals surface area contributed by atoms with E-state index < -0.39 is 0 Å². The van der Waals surface area contributed by atoms with Crippen LogP contribution >= 0.6 is 0 Å². The third-order valence-corrected chi connectivity index (χ3v) is 7.37. The van der Waals surface area contributed by atoms with Crippen LogP contribution < -0.4 is 0 Å². The first-order valence-electron chi connectivity index (χ1n) is 11.7. The zero-order chi connectivity index (χ0) is 19.4. The number of piperazine rings is 1. The van der Waals surface area contributed by atoms with Crippen LogP contribution in [0.3, 0.4) is 0 Å². The summed E-state index contributed by atoms with van der Waals surface area (Å²) >= 11 is 0. The molecule has 27 heavy (non-hydrogen) atoms. The first-order chi connectivity index (χ1) is 12.8. The third-order valence-electron chi connectivity index (χ3n) is 7.37. The van der Waals surface area contributed by atoms with Crippen LogP contribution in [0.25, 0.3) is 0 Å². The highest BCUT2D eigenvalue weighted by molar-refractivity contribution is 4.91. The van der Waals surface area contributed by atoms with Crippen LogP contribution in [0.1, 0.15) is 53.4 Å². The second-order valence-electron chi connectivity index (χ2n) is 10.9. The predicted molar refractivity (Wildman–Crippen MR) is 116 cm³/mol. The monoisotopic (exact) mass is 378 g/mol. The van der Waals surface area contributed by atoms with Crippen LogP contribution in [0.5, 0.6) is 0 Å². The molecule has 3 saturated heterocycles. The molecule has 0 amide bonds. The van der Waals surface area contributed by atoms with Crippen LogP contribution in [0.4, 0.5) is 0 Å². The Kier molecular flexibility index (Phi) is 7.63. The fraction of sp³-hybridized carbons (Fsp3) is 1.00. The van der Waals surface area contributed by atoms with Crippen molar-refractivity contribution >= 4 is 0 Å². The number of nitrogens with zero attached hydrogens (tertiary/aromatic N) is 4. The summed E-state index contributed by atoms with van der Waals surface area (Å²) in [6, 6.07) is 0. The van der Waals surface area contributed by atoms with Gasteiger partial charge in [-0.2, -0.15) is 0 Å². The van der Waals surface area contributed by atoms with Gasteiger partial charge in [0, 0.05) is 51.4 Å². The molecule has 3 heterocycles. The van der Waals surface area contributed by atoms with E-state index in [1.54, 1.807) is 0 Å². The molecule has 3 rings (SSSR count). The normalized spacial score (nSPS) is 30.2. The van der Waals surface area contributed by atoms with Gasteiger partial charge in [0.1, 0.15) is 0 Å². The molecule has 0 spiro atoms. The standard InChI is InChI=1S/C23H46N4/c1-20(2)17-27-11-8-22(16-23(27,3)4)19-26-14-12-25(13-15-26)18-21-6-9-24(5)10-7-21/h20-22H,6-19H2,1-5H3. The van der Waals surface area contributed by atoms with E-state index in [9.17, 15) is 0 Å². The third kappa shape index (κ3) is 6.42. The average molecular weight is 379 g/mol. The summed E-state index contributed by atoms with van der Waals surface area (Å²) in [6.07, 6.45) is 5.57. The fourth-order valence-electron chi connectivity index (χ4n) is 5.64. The number of likely N-dealkylation sites (tertiary alicyclic amines) is 2. The molecule has 1 atom stereocenters. The van der Waals surface area contributed by atoms with E-state index in [1.807, 2.05) is 0 Å². The summed E-state index contributed by atoms with van der Waals surface area (Å²) in [5, 5.41) is 0. The maximum Gasteiger partial charge on any atom is 0.0156 e. The van der Waals surface area contributed by atoms with Crippen molar-refractivity contribution in [1.82, 2.24) is 19.6 Å². The fourth-order valence-corrected chi connectivity index (χ4v) is 5.64. The molecule has 0 aromatic carbocycles. The van der Waals surface area contributed by atoms with Crippen LogP contribution in [0.15, 0.2) is 0 Å². The maximum absolute atomic E-state index is 2.77. The van der Waals surface area contributed by atoms with Crippen molar-refractivity contribution in [1.29, 1.82) is 0 Å². The van der Waals surface area contributed by atoms with Gasteiger partial charge in [-0.15, -0.1) is 0 Å². The minimum atomic E-state index is 0.378. The number of rotatable bonds is 6. The topological polar surface area (TPSA) is 13.0 Å². The maximum atomic E-state index is 2.77. The Balaban J connectivity index is 1.37. The lowest BCUT2D eigenvalue weighted by atomic mass is 9.81. The Bertz CT molecular complexity index is 434. The Morgan fingerprint density at radius 3 is 1.81 bits per heavy atom. The lowest BCUT2D eigenvalue weighted by Gasteiger charge is -2.48. The molecule has 3 fully saturated rings. The van der Waals surface area contributed by atoms with E-state index in [0.717, 1.165) is 17.8 Å². The molecule has 0 aromatic rings. The molecular weight excluding hydrogens is 332 g/mol. The quantitative estimate of drug-likeness (QED) is 0.704. The van der Waals surface area contributed by atoms with E-state index in [2.05, 4.69) is 54.3 Å². The summed E-state index contributed by atoms with van der Waals surface area (Å²) in [5.74, 6) is 2.61. The zero-order valence-electron chi connectivity index (χ0n) is 18.9.